The Balaban J connectivity index is 1.79. The molecule has 0 aliphatic heterocycles. The van der Waals surface area contributed by atoms with E-state index in [-0.39, 0.29) is 11.9 Å². The van der Waals surface area contributed by atoms with Gasteiger partial charge in [0.1, 0.15) is 5.69 Å². The molecule has 1 aliphatic carbocycles. The molecular formula is C16H16N2O3. The van der Waals surface area contributed by atoms with Crippen LogP contribution < -0.4 is 5.32 Å². The van der Waals surface area contributed by atoms with Gasteiger partial charge >= 0.3 is 5.97 Å². The molecule has 1 aromatic heterocycles. The third-order valence-electron chi connectivity index (χ3n) is 3.98. The average Bonchev–Trinajstić information content (AvgIpc) is 2.95. The maximum absolute atomic E-state index is 12.2. The van der Waals surface area contributed by atoms with E-state index < -0.39 is 11.9 Å². The molecule has 0 radical (unpaired) electrons. The Morgan fingerprint density at radius 2 is 1.95 bits per heavy atom. The Kier molecular flexibility index (Phi) is 3.56. The van der Waals surface area contributed by atoms with Crippen molar-refractivity contribution in [3.8, 4) is 0 Å². The van der Waals surface area contributed by atoms with Crippen molar-refractivity contribution >= 4 is 22.8 Å². The van der Waals surface area contributed by atoms with Gasteiger partial charge in [-0.2, -0.15) is 0 Å². The molecule has 0 saturated heterocycles. The Labute approximate surface area is 122 Å². The zero-order valence-electron chi connectivity index (χ0n) is 11.5. The number of aliphatic carboxylic acids is 1. The lowest BCUT2D eigenvalue weighted by Gasteiger charge is -2.17. The molecule has 2 aromatic rings. The van der Waals surface area contributed by atoms with Crippen LogP contribution in [0.4, 0.5) is 0 Å². The van der Waals surface area contributed by atoms with Gasteiger partial charge in [0.25, 0.3) is 5.91 Å². The minimum atomic E-state index is -0.843. The molecule has 1 heterocycles. The first-order valence-corrected chi connectivity index (χ1v) is 7.04. The van der Waals surface area contributed by atoms with Crippen LogP contribution in [0, 0.1) is 5.92 Å². The number of amides is 1. The molecule has 5 nitrogen and oxygen atoms in total. The predicted octanol–water partition coefficient (Wildman–Crippen LogP) is 2.22. The molecule has 2 N–H and O–H groups in total. The number of carboxylic acid groups (broad SMARTS) is 1. The fourth-order valence-corrected chi connectivity index (χ4v) is 2.86. The van der Waals surface area contributed by atoms with Gasteiger partial charge in [0.05, 0.1) is 11.4 Å². The van der Waals surface area contributed by atoms with Gasteiger partial charge in [-0.15, -0.1) is 0 Å². The molecule has 5 heteroatoms. The fourth-order valence-electron chi connectivity index (χ4n) is 2.86. The second-order valence-electron chi connectivity index (χ2n) is 5.34. The third kappa shape index (κ3) is 2.72. The highest BCUT2D eigenvalue weighted by Crippen LogP contribution is 2.26. The molecule has 0 bridgehead atoms. The summed E-state index contributed by atoms with van der Waals surface area (Å²) in [5, 5.41) is 12.9. The number of para-hydroxylation sites is 1. The number of carbonyl (C=O) groups is 2. The van der Waals surface area contributed by atoms with Gasteiger partial charge in [0.2, 0.25) is 0 Å². The van der Waals surface area contributed by atoms with Crippen LogP contribution in [0.15, 0.2) is 36.4 Å². The van der Waals surface area contributed by atoms with Crippen LogP contribution in [0.3, 0.4) is 0 Å². The average molecular weight is 284 g/mol. The predicted molar refractivity (Wildman–Crippen MR) is 78.0 cm³/mol. The number of nitrogens with zero attached hydrogens (tertiary/aromatic N) is 1. The van der Waals surface area contributed by atoms with Crippen LogP contribution in [-0.4, -0.2) is 28.0 Å². The van der Waals surface area contributed by atoms with E-state index >= 15 is 0 Å². The number of hydrogen-bond acceptors (Lipinski definition) is 3. The molecule has 1 fully saturated rings. The van der Waals surface area contributed by atoms with Crippen molar-refractivity contribution in [3.63, 3.8) is 0 Å². The van der Waals surface area contributed by atoms with E-state index in [0.29, 0.717) is 18.5 Å². The second-order valence-corrected chi connectivity index (χ2v) is 5.34. The lowest BCUT2D eigenvalue weighted by Crippen LogP contribution is -2.40. The lowest BCUT2D eigenvalue weighted by molar-refractivity contribution is -0.142. The summed E-state index contributed by atoms with van der Waals surface area (Å²) < 4.78 is 0. The lowest BCUT2D eigenvalue weighted by atomic mass is 10.0. The van der Waals surface area contributed by atoms with Gasteiger partial charge in [0.15, 0.2) is 0 Å². The number of rotatable bonds is 3. The van der Waals surface area contributed by atoms with E-state index in [2.05, 4.69) is 10.3 Å². The van der Waals surface area contributed by atoms with Crippen LogP contribution in [-0.2, 0) is 4.79 Å². The Morgan fingerprint density at radius 3 is 2.76 bits per heavy atom. The maximum atomic E-state index is 12.2. The van der Waals surface area contributed by atoms with Crippen molar-refractivity contribution in [3.05, 3.63) is 42.1 Å². The SMILES string of the molecule is O=C(NC1CCCC1C(=O)O)c1ccc2ccccc2n1. The normalized spacial score (nSPS) is 21.3. The largest absolute Gasteiger partial charge is 0.481 e. The van der Waals surface area contributed by atoms with Gasteiger partial charge in [-0.3, -0.25) is 9.59 Å². The van der Waals surface area contributed by atoms with E-state index in [9.17, 15) is 9.59 Å². The van der Waals surface area contributed by atoms with Crippen LogP contribution in [0.25, 0.3) is 10.9 Å². The number of carbonyl (C=O) groups excluding carboxylic acids is 1. The number of nitrogens with one attached hydrogen (secondary N) is 1. The molecule has 21 heavy (non-hydrogen) atoms. The summed E-state index contributed by atoms with van der Waals surface area (Å²) in [4.78, 5) is 27.7. The molecule has 0 spiro atoms. The second kappa shape index (κ2) is 5.52. The van der Waals surface area contributed by atoms with Gasteiger partial charge in [-0.25, -0.2) is 4.98 Å². The van der Waals surface area contributed by atoms with Crippen molar-refractivity contribution in [1.29, 1.82) is 0 Å². The zero-order valence-corrected chi connectivity index (χ0v) is 11.5. The highest BCUT2D eigenvalue weighted by Gasteiger charge is 2.34. The summed E-state index contributed by atoms with van der Waals surface area (Å²) in [6.07, 6.45) is 2.15. The Hall–Kier alpha value is -2.43. The summed E-state index contributed by atoms with van der Waals surface area (Å²) in [5.41, 5.74) is 1.08. The molecule has 2 atom stereocenters. The molecule has 2 unspecified atom stereocenters. The van der Waals surface area contributed by atoms with Crippen molar-refractivity contribution in [1.82, 2.24) is 10.3 Å². The third-order valence-corrected chi connectivity index (χ3v) is 3.98. The van der Waals surface area contributed by atoms with Crippen LogP contribution >= 0.6 is 0 Å². The molecule has 1 aromatic carbocycles. The van der Waals surface area contributed by atoms with Crippen molar-refractivity contribution in [2.45, 2.75) is 25.3 Å². The molecule has 1 saturated carbocycles. The summed E-state index contributed by atoms with van der Waals surface area (Å²) in [7, 11) is 0. The highest BCUT2D eigenvalue weighted by atomic mass is 16.4. The zero-order chi connectivity index (χ0) is 14.8. The van der Waals surface area contributed by atoms with Crippen LogP contribution in [0.5, 0.6) is 0 Å². The first-order valence-electron chi connectivity index (χ1n) is 7.04. The van der Waals surface area contributed by atoms with Crippen molar-refractivity contribution in [2.75, 3.05) is 0 Å². The quantitative estimate of drug-likeness (QED) is 0.905. The van der Waals surface area contributed by atoms with Gasteiger partial charge < -0.3 is 10.4 Å². The standard InChI is InChI=1S/C16H16N2O3/c19-15(18-13-7-3-5-11(13)16(20)21)14-9-8-10-4-1-2-6-12(10)17-14/h1-2,4,6,8-9,11,13H,3,5,7H2,(H,18,19)(H,20,21). The Bertz CT molecular complexity index is 699. The number of pyridine rings is 1. The van der Waals surface area contributed by atoms with E-state index in [1.165, 1.54) is 0 Å². The fraction of sp³-hybridized carbons (Fsp3) is 0.312. The van der Waals surface area contributed by atoms with E-state index in [1.807, 2.05) is 30.3 Å². The maximum Gasteiger partial charge on any atom is 0.308 e. The van der Waals surface area contributed by atoms with Crippen molar-refractivity contribution < 1.29 is 14.7 Å². The van der Waals surface area contributed by atoms with Gasteiger partial charge in [-0.05, 0) is 25.0 Å². The first-order chi connectivity index (χ1) is 10.1. The highest BCUT2D eigenvalue weighted by molar-refractivity contribution is 5.95. The van der Waals surface area contributed by atoms with Gasteiger partial charge in [0, 0.05) is 11.4 Å². The summed E-state index contributed by atoms with van der Waals surface area (Å²) in [5.74, 6) is -1.64. The first kappa shape index (κ1) is 13.5. The smallest absolute Gasteiger partial charge is 0.308 e. The number of carboxylic acids is 1. The van der Waals surface area contributed by atoms with Crippen molar-refractivity contribution in [2.24, 2.45) is 5.92 Å². The minimum Gasteiger partial charge on any atom is -0.481 e. The topological polar surface area (TPSA) is 79.3 Å². The van der Waals surface area contributed by atoms with E-state index in [0.717, 1.165) is 17.3 Å². The number of benzene rings is 1. The Morgan fingerprint density at radius 1 is 1.14 bits per heavy atom. The number of aromatic nitrogens is 1. The molecule has 3 rings (SSSR count). The van der Waals surface area contributed by atoms with Crippen LogP contribution in [0.2, 0.25) is 0 Å². The molecule has 1 aliphatic rings. The summed E-state index contributed by atoms with van der Waals surface area (Å²) >= 11 is 0. The summed E-state index contributed by atoms with van der Waals surface area (Å²) in [6.45, 7) is 0. The molecular weight excluding hydrogens is 268 g/mol. The number of hydrogen-bond donors (Lipinski definition) is 2. The van der Waals surface area contributed by atoms with E-state index in [1.54, 1.807) is 6.07 Å². The van der Waals surface area contributed by atoms with E-state index in [4.69, 9.17) is 5.11 Å². The molecule has 108 valence electrons. The molecule has 1 amide bonds. The van der Waals surface area contributed by atoms with Crippen LogP contribution in [0.1, 0.15) is 29.8 Å². The summed E-state index contributed by atoms with van der Waals surface area (Å²) in [6, 6.07) is 10.8. The monoisotopic (exact) mass is 284 g/mol. The van der Waals surface area contributed by atoms with Gasteiger partial charge in [-0.1, -0.05) is 30.7 Å². The minimum absolute atomic E-state index is 0.303. The number of fused-ring (bicyclic) bond motifs is 1.